The zero-order valence-electron chi connectivity index (χ0n) is 17.0. The van der Waals surface area contributed by atoms with Crippen molar-refractivity contribution in [3.63, 3.8) is 0 Å². The minimum absolute atomic E-state index is 0.287. The number of rotatable bonds is 7. The van der Waals surface area contributed by atoms with Crippen molar-refractivity contribution in [1.29, 1.82) is 0 Å². The van der Waals surface area contributed by atoms with Gasteiger partial charge in [0.05, 0.1) is 11.1 Å². The topological polar surface area (TPSA) is 66.5 Å². The first-order valence-electron chi connectivity index (χ1n) is 10.6. The summed E-state index contributed by atoms with van der Waals surface area (Å²) >= 11 is 0. The number of fused-ring (bicyclic) bond motifs is 1. The summed E-state index contributed by atoms with van der Waals surface area (Å²) in [4.78, 5) is 40.2. The number of amides is 3. The second-order valence-electron chi connectivity index (χ2n) is 7.88. The van der Waals surface area contributed by atoms with Gasteiger partial charge in [-0.05, 0) is 49.8 Å². The predicted octanol–water partition coefficient (Wildman–Crippen LogP) is 3.90. The van der Waals surface area contributed by atoms with Gasteiger partial charge in [0.15, 0.2) is 0 Å². The van der Waals surface area contributed by atoms with Gasteiger partial charge in [-0.2, -0.15) is 0 Å². The van der Waals surface area contributed by atoms with Crippen molar-refractivity contribution < 1.29 is 14.4 Å². The highest BCUT2D eigenvalue weighted by molar-refractivity contribution is 6.22. The summed E-state index contributed by atoms with van der Waals surface area (Å²) in [5, 5.41) is 2.97. The van der Waals surface area contributed by atoms with Crippen molar-refractivity contribution in [3.8, 4) is 0 Å². The molecule has 1 heterocycles. The number of imide groups is 1. The lowest BCUT2D eigenvalue weighted by molar-refractivity contribution is -0.125. The number of hydrogen-bond donors (Lipinski definition) is 1. The summed E-state index contributed by atoms with van der Waals surface area (Å²) in [6.45, 7) is 0.513. The van der Waals surface area contributed by atoms with Gasteiger partial charge in [0.2, 0.25) is 5.91 Å². The molecule has 0 bridgehead atoms. The average Bonchev–Trinajstić information content (AvgIpc) is 3.04. The summed E-state index contributed by atoms with van der Waals surface area (Å²) in [6.07, 6.45) is 7.99. The fourth-order valence-electron chi connectivity index (χ4n) is 4.23. The number of nitrogens with one attached hydrogen (secondary N) is 1. The molecule has 1 aliphatic carbocycles. The number of benzene rings is 2. The van der Waals surface area contributed by atoms with Gasteiger partial charge in [-0.25, -0.2) is 0 Å². The van der Waals surface area contributed by atoms with E-state index in [9.17, 15) is 14.4 Å². The predicted molar refractivity (Wildman–Crippen MR) is 115 cm³/mol. The molecule has 5 heteroatoms. The van der Waals surface area contributed by atoms with E-state index in [2.05, 4.69) is 11.4 Å². The molecule has 0 spiro atoms. The van der Waals surface area contributed by atoms with Crippen molar-refractivity contribution >= 4 is 17.7 Å². The summed E-state index contributed by atoms with van der Waals surface area (Å²) < 4.78 is 0. The molecule has 2 aromatic carbocycles. The van der Waals surface area contributed by atoms with Gasteiger partial charge in [-0.15, -0.1) is 0 Å². The zero-order valence-corrected chi connectivity index (χ0v) is 17.0. The number of hydrogen-bond acceptors (Lipinski definition) is 3. The highest BCUT2D eigenvalue weighted by atomic mass is 16.2. The largest absolute Gasteiger partial charge is 0.354 e. The number of allylic oxidation sites excluding steroid dienone is 1. The average molecular weight is 402 g/mol. The van der Waals surface area contributed by atoms with Crippen LogP contribution in [0.5, 0.6) is 0 Å². The third-order valence-corrected chi connectivity index (χ3v) is 5.84. The van der Waals surface area contributed by atoms with E-state index in [1.807, 2.05) is 30.3 Å². The van der Waals surface area contributed by atoms with Crippen LogP contribution >= 0.6 is 0 Å². The lowest BCUT2D eigenvalue weighted by Gasteiger charge is -2.26. The van der Waals surface area contributed by atoms with Crippen molar-refractivity contribution in [2.75, 3.05) is 6.54 Å². The molecule has 4 rings (SSSR count). The van der Waals surface area contributed by atoms with E-state index in [1.165, 1.54) is 18.4 Å². The van der Waals surface area contributed by atoms with Crippen LogP contribution in [0.4, 0.5) is 0 Å². The minimum atomic E-state index is -0.875. The van der Waals surface area contributed by atoms with Gasteiger partial charge in [-0.3, -0.25) is 19.3 Å². The van der Waals surface area contributed by atoms with E-state index in [-0.39, 0.29) is 5.91 Å². The van der Waals surface area contributed by atoms with E-state index in [4.69, 9.17) is 0 Å². The molecule has 0 radical (unpaired) electrons. The summed E-state index contributed by atoms with van der Waals surface area (Å²) in [6, 6.07) is 15.4. The third-order valence-electron chi connectivity index (χ3n) is 5.84. The molecule has 0 saturated heterocycles. The van der Waals surface area contributed by atoms with Crippen molar-refractivity contribution in [2.24, 2.45) is 0 Å². The van der Waals surface area contributed by atoms with E-state index in [1.54, 1.807) is 24.3 Å². The van der Waals surface area contributed by atoms with Crippen LogP contribution in [0.2, 0.25) is 0 Å². The quantitative estimate of drug-likeness (QED) is 0.564. The second-order valence-corrected chi connectivity index (χ2v) is 7.88. The fourth-order valence-corrected chi connectivity index (χ4v) is 4.23. The Hall–Kier alpha value is -3.21. The third kappa shape index (κ3) is 4.20. The number of carbonyl (C=O) groups is 3. The lowest BCUT2D eigenvalue weighted by Crippen LogP contribution is -2.51. The van der Waals surface area contributed by atoms with Gasteiger partial charge in [0.1, 0.15) is 6.04 Å². The summed E-state index contributed by atoms with van der Waals surface area (Å²) in [7, 11) is 0. The van der Waals surface area contributed by atoms with E-state index in [0.29, 0.717) is 24.1 Å². The van der Waals surface area contributed by atoms with Crippen LogP contribution in [0.1, 0.15) is 58.4 Å². The zero-order chi connectivity index (χ0) is 20.9. The first kappa shape index (κ1) is 20.1. The van der Waals surface area contributed by atoms with Gasteiger partial charge in [0.25, 0.3) is 11.8 Å². The Kier molecular flexibility index (Phi) is 6.07. The van der Waals surface area contributed by atoms with Gasteiger partial charge >= 0.3 is 0 Å². The van der Waals surface area contributed by atoms with Crippen LogP contribution in [0.3, 0.4) is 0 Å². The Balaban J connectivity index is 1.52. The minimum Gasteiger partial charge on any atom is -0.354 e. The maximum Gasteiger partial charge on any atom is 0.262 e. The molecular weight excluding hydrogens is 376 g/mol. The van der Waals surface area contributed by atoms with E-state index in [0.717, 1.165) is 29.7 Å². The van der Waals surface area contributed by atoms with Crippen molar-refractivity contribution in [1.82, 2.24) is 10.2 Å². The normalized spacial score (nSPS) is 16.8. The van der Waals surface area contributed by atoms with E-state index < -0.39 is 17.9 Å². The van der Waals surface area contributed by atoms with Crippen LogP contribution in [0.25, 0.3) is 0 Å². The molecule has 5 nitrogen and oxygen atoms in total. The Bertz CT molecular complexity index is 946. The van der Waals surface area contributed by atoms with Crippen molar-refractivity contribution in [2.45, 2.75) is 44.6 Å². The smallest absolute Gasteiger partial charge is 0.262 e. The number of carbonyl (C=O) groups excluding carboxylic acids is 3. The molecule has 2 aromatic rings. The molecular formula is C25H26N2O3. The molecule has 0 saturated carbocycles. The molecule has 1 atom stereocenters. The summed E-state index contributed by atoms with van der Waals surface area (Å²) in [5.74, 6) is -1.09. The molecule has 0 fully saturated rings. The van der Waals surface area contributed by atoms with Crippen LogP contribution in [0.15, 0.2) is 66.2 Å². The maximum atomic E-state index is 13.1. The Labute approximate surface area is 176 Å². The molecule has 1 aliphatic heterocycles. The van der Waals surface area contributed by atoms with Crippen LogP contribution in [-0.2, 0) is 11.2 Å². The SMILES string of the molecule is O=C(NCCC1=CCCCC1)C(Cc1ccccc1)N1C(=O)c2ccccc2C1=O. The van der Waals surface area contributed by atoms with Crippen LogP contribution < -0.4 is 5.32 Å². The lowest BCUT2D eigenvalue weighted by atomic mass is 9.97. The first-order valence-corrected chi connectivity index (χ1v) is 10.6. The highest BCUT2D eigenvalue weighted by Gasteiger charge is 2.42. The molecule has 1 N–H and O–H groups in total. The molecule has 3 amide bonds. The van der Waals surface area contributed by atoms with Gasteiger partial charge < -0.3 is 5.32 Å². The Morgan fingerprint density at radius 1 is 0.933 bits per heavy atom. The number of nitrogens with zero attached hydrogens (tertiary/aromatic N) is 1. The van der Waals surface area contributed by atoms with Crippen LogP contribution in [0, 0.1) is 0 Å². The molecule has 154 valence electrons. The molecule has 0 aromatic heterocycles. The molecule has 30 heavy (non-hydrogen) atoms. The highest BCUT2D eigenvalue weighted by Crippen LogP contribution is 2.26. The van der Waals surface area contributed by atoms with Crippen molar-refractivity contribution in [3.05, 3.63) is 82.9 Å². The van der Waals surface area contributed by atoms with Crippen LogP contribution in [-0.4, -0.2) is 35.2 Å². The summed E-state index contributed by atoms with van der Waals surface area (Å²) in [5.41, 5.74) is 3.01. The fraction of sp³-hybridized carbons (Fsp3) is 0.320. The van der Waals surface area contributed by atoms with Gasteiger partial charge in [0, 0.05) is 13.0 Å². The molecule has 1 unspecified atom stereocenters. The first-order chi connectivity index (χ1) is 14.6. The maximum absolute atomic E-state index is 13.1. The monoisotopic (exact) mass is 402 g/mol. The molecule has 2 aliphatic rings. The van der Waals surface area contributed by atoms with E-state index >= 15 is 0 Å². The Morgan fingerprint density at radius 2 is 1.60 bits per heavy atom. The van der Waals surface area contributed by atoms with Gasteiger partial charge in [-0.1, -0.05) is 54.1 Å². The second kappa shape index (κ2) is 9.08. The Morgan fingerprint density at radius 3 is 2.23 bits per heavy atom. The standard InChI is InChI=1S/C25H26N2O3/c28-23(26-16-15-18-9-3-1-4-10-18)22(17-19-11-5-2-6-12-19)27-24(29)20-13-7-8-14-21(20)25(27)30/h2,5-9,11-14,22H,1,3-4,10,15-17H2,(H,26,28).